The molecule has 0 unspecified atom stereocenters. The van der Waals surface area contributed by atoms with Crippen LogP contribution in [0.1, 0.15) is 21.6 Å². The fourth-order valence-corrected chi connectivity index (χ4v) is 3.64. The Bertz CT molecular complexity index is 840. The molecule has 0 bridgehead atoms. The Morgan fingerprint density at radius 2 is 1.86 bits per heavy atom. The van der Waals surface area contributed by atoms with Crippen LogP contribution in [-0.2, 0) is 12.8 Å². The van der Waals surface area contributed by atoms with E-state index in [-0.39, 0.29) is 0 Å². The SMILES string of the molecule is Cc1c(CCc2ccc3ccccc3c2)sc(N)c1C#N. The molecule has 2 aromatic carbocycles. The summed E-state index contributed by atoms with van der Waals surface area (Å²) in [5.41, 5.74) is 8.90. The van der Waals surface area contributed by atoms with E-state index in [1.54, 1.807) is 11.3 Å². The lowest BCUT2D eigenvalue weighted by molar-refractivity contribution is 0.974. The molecular weight excluding hydrogens is 276 g/mol. The molecule has 2 N–H and O–H groups in total. The van der Waals surface area contributed by atoms with Crippen molar-refractivity contribution in [2.24, 2.45) is 0 Å². The molecule has 3 rings (SSSR count). The van der Waals surface area contributed by atoms with Crippen molar-refractivity contribution in [3.63, 3.8) is 0 Å². The molecule has 0 aliphatic heterocycles. The maximum atomic E-state index is 9.09. The number of hydrogen-bond acceptors (Lipinski definition) is 3. The van der Waals surface area contributed by atoms with Crippen LogP contribution in [0.15, 0.2) is 42.5 Å². The van der Waals surface area contributed by atoms with Crippen LogP contribution < -0.4 is 5.73 Å². The van der Waals surface area contributed by atoms with E-state index in [4.69, 9.17) is 11.0 Å². The predicted molar refractivity (Wildman–Crippen MR) is 89.5 cm³/mol. The highest BCUT2D eigenvalue weighted by atomic mass is 32.1. The Balaban J connectivity index is 1.82. The minimum absolute atomic E-state index is 0.642. The summed E-state index contributed by atoms with van der Waals surface area (Å²) in [6.45, 7) is 1.99. The van der Waals surface area contributed by atoms with Crippen LogP contribution in [0.5, 0.6) is 0 Å². The number of aryl methyl sites for hydroxylation is 2. The highest BCUT2D eigenvalue weighted by Crippen LogP contribution is 2.30. The normalized spacial score (nSPS) is 10.7. The van der Waals surface area contributed by atoms with Gasteiger partial charge in [0.15, 0.2) is 0 Å². The van der Waals surface area contributed by atoms with Crippen LogP contribution in [0.4, 0.5) is 5.00 Å². The number of anilines is 1. The average Bonchev–Trinajstić information content (AvgIpc) is 2.78. The van der Waals surface area contributed by atoms with Gasteiger partial charge in [-0.05, 0) is 41.7 Å². The van der Waals surface area contributed by atoms with Crippen LogP contribution in [-0.4, -0.2) is 0 Å². The smallest absolute Gasteiger partial charge is 0.104 e. The standard InChI is InChI=1S/C18H16N2S/c1-12-16(11-19)18(20)21-17(12)9-7-13-6-8-14-4-2-3-5-15(14)10-13/h2-6,8,10H,7,9,20H2,1H3. The second kappa shape index (κ2) is 5.59. The lowest BCUT2D eigenvalue weighted by atomic mass is 10.0. The Morgan fingerprint density at radius 3 is 2.57 bits per heavy atom. The third-order valence-electron chi connectivity index (χ3n) is 3.84. The molecule has 0 saturated carbocycles. The highest BCUT2D eigenvalue weighted by Gasteiger charge is 2.12. The van der Waals surface area contributed by atoms with Gasteiger partial charge in [0, 0.05) is 4.88 Å². The van der Waals surface area contributed by atoms with Crippen molar-refractivity contribution in [3.8, 4) is 6.07 Å². The molecule has 3 aromatic rings. The van der Waals surface area contributed by atoms with Crippen LogP contribution in [0, 0.1) is 18.3 Å². The van der Waals surface area contributed by atoms with Crippen molar-refractivity contribution in [2.45, 2.75) is 19.8 Å². The van der Waals surface area contributed by atoms with Gasteiger partial charge in [-0.25, -0.2) is 0 Å². The summed E-state index contributed by atoms with van der Waals surface area (Å²) in [4.78, 5) is 1.22. The van der Waals surface area contributed by atoms with Gasteiger partial charge in [-0.1, -0.05) is 42.5 Å². The molecule has 1 aromatic heterocycles. The van der Waals surface area contributed by atoms with Crippen LogP contribution in [0.3, 0.4) is 0 Å². The fourth-order valence-electron chi connectivity index (χ4n) is 2.61. The second-order valence-electron chi connectivity index (χ2n) is 5.18. The quantitative estimate of drug-likeness (QED) is 0.775. The van der Waals surface area contributed by atoms with Crippen molar-refractivity contribution >= 4 is 27.1 Å². The van der Waals surface area contributed by atoms with Gasteiger partial charge in [-0.15, -0.1) is 11.3 Å². The van der Waals surface area contributed by atoms with Gasteiger partial charge in [0.2, 0.25) is 0 Å². The molecular formula is C18H16N2S. The summed E-state index contributed by atoms with van der Waals surface area (Å²) in [6.07, 6.45) is 1.90. The molecule has 0 fully saturated rings. The Labute approximate surface area is 128 Å². The van der Waals surface area contributed by atoms with Crippen LogP contribution in [0.2, 0.25) is 0 Å². The van der Waals surface area contributed by atoms with Gasteiger partial charge in [0.05, 0.1) is 5.56 Å². The lowest BCUT2D eigenvalue weighted by Gasteiger charge is -2.04. The molecule has 0 atom stereocenters. The molecule has 0 amide bonds. The number of nitrogens with two attached hydrogens (primary N) is 1. The largest absolute Gasteiger partial charge is 0.389 e. The molecule has 104 valence electrons. The minimum atomic E-state index is 0.642. The summed E-state index contributed by atoms with van der Waals surface area (Å²) in [5.74, 6) is 0. The third kappa shape index (κ3) is 2.63. The maximum Gasteiger partial charge on any atom is 0.104 e. The van der Waals surface area contributed by atoms with Crippen molar-refractivity contribution < 1.29 is 0 Å². The monoisotopic (exact) mass is 292 g/mol. The summed E-state index contributed by atoms with van der Waals surface area (Å²) in [7, 11) is 0. The van der Waals surface area contributed by atoms with E-state index < -0.39 is 0 Å². The zero-order chi connectivity index (χ0) is 14.8. The van der Waals surface area contributed by atoms with Crippen molar-refractivity contribution in [1.82, 2.24) is 0 Å². The van der Waals surface area contributed by atoms with E-state index in [0.717, 1.165) is 18.4 Å². The average molecular weight is 292 g/mol. The van der Waals surface area contributed by atoms with E-state index in [0.29, 0.717) is 10.6 Å². The minimum Gasteiger partial charge on any atom is -0.389 e. The molecule has 3 heteroatoms. The fraction of sp³-hybridized carbons (Fsp3) is 0.167. The lowest BCUT2D eigenvalue weighted by Crippen LogP contribution is -1.91. The van der Waals surface area contributed by atoms with Crippen LogP contribution >= 0.6 is 11.3 Å². The first-order valence-corrected chi connectivity index (χ1v) is 7.76. The van der Waals surface area contributed by atoms with Gasteiger partial charge < -0.3 is 5.73 Å². The van der Waals surface area contributed by atoms with Gasteiger partial charge in [-0.3, -0.25) is 0 Å². The molecule has 0 saturated heterocycles. The number of benzene rings is 2. The molecule has 1 heterocycles. The summed E-state index contributed by atoms with van der Waals surface area (Å²) in [5, 5.41) is 12.3. The van der Waals surface area contributed by atoms with Crippen molar-refractivity contribution in [2.75, 3.05) is 5.73 Å². The molecule has 2 nitrogen and oxygen atoms in total. The number of thiophene rings is 1. The van der Waals surface area contributed by atoms with Gasteiger partial charge in [-0.2, -0.15) is 5.26 Å². The van der Waals surface area contributed by atoms with E-state index >= 15 is 0 Å². The molecule has 0 spiro atoms. The number of rotatable bonds is 3. The summed E-state index contributed by atoms with van der Waals surface area (Å²) >= 11 is 1.54. The topological polar surface area (TPSA) is 49.8 Å². The van der Waals surface area contributed by atoms with E-state index in [2.05, 4.69) is 48.5 Å². The van der Waals surface area contributed by atoms with E-state index in [1.807, 2.05) is 6.92 Å². The number of fused-ring (bicyclic) bond motifs is 1. The number of hydrogen-bond donors (Lipinski definition) is 1. The maximum absolute atomic E-state index is 9.09. The van der Waals surface area contributed by atoms with Gasteiger partial charge >= 0.3 is 0 Å². The first-order chi connectivity index (χ1) is 10.2. The van der Waals surface area contributed by atoms with Gasteiger partial charge in [0.1, 0.15) is 11.1 Å². The van der Waals surface area contributed by atoms with E-state index in [1.165, 1.54) is 21.2 Å². The summed E-state index contributed by atoms with van der Waals surface area (Å²) < 4.78 is 0. The highest BCUT2D eigenvalue weighted by molar-refractivity contribution is 7.16. The molecule has 0 aliphatic rings. The first kappa shape index (κ1) is 13.7. The van der Waals surface area contributed by atoms with Crippen molar-refractivity contribution in [1.29, 1.82) is 5.26 Å². The predicted octanol–water partition coefficient (Wildman–Crippen LogP) is 4.45. The first-order valence-electron chi connectivity index (χ1n) is 6.94. The van der Waals surface area contributed by atoms with Crippen molar-refractivity contribution in [3.05, 3.63) is 64.0 Å². The van der Waals surface area contributed by atoms with E-state index in [9.17, 15) is 0 Å². The molecule has 0 radical (unpaired) electrons. The third-order valence-corrected chi connectivity index (χ3v) is 5.02. The van der Waals surface area contributed by atoms with Crippen LogP contribution in [0.25, 0.3) is 10.8 Å². The number of nitriles is 1. The Kier molecular flexibility index (Phi) is 3.64. The molecule has 0 aliphatic carbocycles. The molecule has 21 heavy (non-hydrogen) atoms. The summed E-state index contributed by atoms with van der Waals surface area (Å²) in [6, 6.07) is 17.2. The number of nitrogens with zero attached hydrogens (tertiary/aromatic N) is 1. The van der Waals surface area contributed by atoms with Gasteiger partial charge in [0.25, 0.3) is 0 Å². The second-order valence-corrected chi connectivity index (χ2v) is 6.32. The Morgan fingerprint density at radius 1 is 1.10 bits per heavy atom. The zero-order valence-corrected chi connectivity index (χ0v) is 12.7. The zero-order valence-electron chi connectivity index (χ0n) is 11.9. The number of nitrogen functional groups attached to an aromatic ring is 1. The Hall–Kier alpha value is -2.31.